The zero-order valence-corrected chi connectivity index (χ0v) is 15.5. The summed E-state index contributed by atoms with van der Waals surface area (Å²) in [7, 11) is 0. The van der Waals surface area contributed by atoms with E-state index in [1.54, 1.807) is 6.20 Å². The van der Waals surface area contributed by atoms with Crippen LogP contribution < -0.4 is 5.32 Å². The maximum Gasteiger partial charge on any atom is 0.220 e. The zero-order chi connectivity index (χ0) is 18.9. The maximum absolute atomic E-state index is 12.1. The molecule has 27 heavy (non-hydrogen) atoms. The van der Waals surface area contributed by atoms with Gasteiger partial charge in [0.15, 0.2) is 0 Å². The molecule has 0 radical (unpaired) electrons. The molecule has 1 unspecified atom stereocenters. The monoisotopic (exact) mass is 367 g/mol. The summed E-state index contributed by atoms with van der Waals surface area (Å²) in [4.78, 5) is 12.1. The predicted molar refractivity (Wildman–Crippen MR) is 101 cm³/mol. The topological polar surface area (TPSA) is 85.8 Å². The van der Waals surface area contributed by atoms with E-state index in [0.717, 1.165) is 19.4 Å². The number of carbonyl (C=O) groups is 1. The normalized spacial score (nSPS) is 12.0. The molecule has 0 bridgehead atoms. The van der Waals surface area contributed by atoms with Crippen LogP contribution in [0.5, 0.6) is 0 Å². The molecule has 1 atom stereocenters. The van der Waals surface area contributed by atoms with Gasteiger partial charge in [-0.25, -0.2) is 0 Å². The maximum atomic E-state index is 12.1. The van der Waals surface area contributed by atoms with Crippen LogP contribution in [0.3, 0.4) is 0 Å². The highest BCUT2D eigenvalue weighted by Crippen LogP contribution is 2.08. The molecule has 2 aromatic heterocycles. The minimum Gasteiger partial charge on any atom is -0.425 e. The van der Waals surface area contributed by atoms with Gasteiger partial charge in [-0.15, -0.1) is 10.2 Å². The van der Waals surface area contributed by atoms with Gasteiger partial charge in [0, 0.05) is 44.2 Å². The van der Waals surface area contributed by atoms with E-state index in [4.69, 9.17) is 4.42 Å². The molecular weight excluding hydrogens is 342 g/mol. The van der Waals surface area contributed by atoms with Crippen molar-refractivity contribution < 1.29 is 9.21 Å². The highest BCUT2D eigenvalue weighted by atomic mass is 16.4. The lowest BCUT2D eigenvalue weighted by atomic mass is 10.1. The molecule has 0 spiro atoms. The van der Waals surface area contributed by atoms with Crippen LogP contribution in [0, 0.1) is 0 Å². The lowest BCUT2D eigenvalue weighted by Gasteiger charge is -2.13. The van der Waals surface area contributed by atoms with Crippen molar-refractivity contribution in [3.05, 3.63) is 66.1 Å². The van der Waals surface area contributed by atoms with E-state index in [2.05, 4.69) is 32.7 Å². The number of rotatable bonds is 10. The molecular formula is C20H25N5O2. The van der Waals surface area contributed by atoms with Gasteiger partial charge in [0.05, 0.1) is 0 Å². The molecule has 0 aliphatic heterocycles. The number of nitrogens with one attached hydrogen (secondary N) is 1. The summed E-state index contributed by atoms with van der Waals surface area (Å²) in [5.74, 6) is 1.12. The molecule has 1 amide bonds. The predicted octanol–water partition coefficient (Wildman–Crippen LogP) is 2.58. The Labute approximate surface area is 158 Å². The van der Waals surface area contributed by atoms with Gasteiger partial charge in [0.25, 0.3) is 0 Å². The second-order valence-corrected chi connectivity index (χ2v) is 6.60. The summed E-state index contributed by atoms with van der Waals surface area (Å²) in [6.45, 7) is 2.78. The van der Waals surface area contributed by atoms with E-state index in [9.17, 15) is 4.79 Å². The van der Waals surface area contributed by atoms with Gasteiger partial charge in [0.2, 0.25) is 17.7 Å². The van der Waals surface area contributed by atoms with Gasteiger partial charge in [-0.2, -0.15) is 5.10 Å². The van der Waals surface area contributed by atoms with E-state index >= 15 is 0 Å². The third-order valence-corrected chi connectivity index (χ3v) is 4.30. The fourth-order valence-electron chi connectivity index (χ4n) is 2.78. The van der Waals surface area contributed by atoms with Crippen LogP contribution in [0.25, 0.3) is 0 Å². The molecule has 1 aromatic carbocycles. The number of aryl methyl sites for hydroxylation is 4. The molecule has 0 aliphatic carbocycles. The number of benzene rings is 1. The van der Waals surface area contributed by atoms with Crippen molar-refractivity contribution in [2.45, 2.75) is 51.6 Å². The van der Waals surface area contributed by atoms with E-state index in [-0.39, 0.29) is 11.9 Å². The van der Waals surface area contributed by atoms with Gasteiger partial charge in [-0.05, 0) is 31.4 Å². The second-order valence-electron chi connectivity index (χ2n) is 6.60. The van der Waals surface area contributed by atoms with Crippen LogP contribution in [0.2, 0.25) is 0 Å². The van der Waals surface area contributed by atoms with Crippen LogP contribution in [0.15, 0.2) is 53.2 Å². The summed E-state index contributed by atoms with van der Waals surface area (Å²) in [6.07, 6.45) is 6.85. The quantitative estimate of drug-likeness (QED) is 0.595. The standard InChI is InChI=1S/C20H25N5O2/c1-16(12-15-25-14-5-13-21-25)22-18(26)9-11-20-24-23-19(27-20)10-8-17-6-3-2-4-7-17/h2-7,13-14,16H,8-12,15H2,1H3,(H,22,26). The third-order valence-electron chi connectivity index (χ3n) is 4.30. The summed E-state index contributed by atoms with van der Waals surface area (Å²) >= 11 is 0. The van der Waals surface area contributed by atoms with E-state index in [1.807, 2.05) is 42.1 Å². The van der Waals surface area contributed by atoms with Crippen molar-refractivity contribution in [1.29, 1.82) is 0 Å². The molecule has 0 aliphatic rings. The second kappa shape index (κ2) is 9.66. The van der Waals surface area contributed by atoms with Gasteiger partial charge >= 0.3 is 0 Å². The lowest BCUT2D eigenvalue weighted by Crippen LogP contribution is -2.33. The first-order chi connectivity index (χ1) is 13.2. The average Bonchev–Trinajstić information content (AvgIpc) is 3.36. The number of hydrogen-bond acceptors (Lipinski definition) is 5. The molecule has 0 saturated heterocycles. The first-order valence-electron chi connectivity index (χ1n) is 9.31. The molecule has 3 aromatic rings. The number of nitrogens with zero attached hydrogens (tertiary/aromatic N) is 4. The van der Waals surface area contributed by atoms with Crippen LogP contribution in [-0.4, -0.2) is 31.9 Å². The molecule has 0 saturated carbocycles. The Bertz CT molecular complexity index is 814. The lowest BCUT2D eigenvalue weighted by molar-refractivity contribution is -0.121. The summed E-state index contributed by atoms with van der Waals surface area (Å²) in [5.41, 5.74) is 1.24. The molecule has 0 fully saturated rings. The highest BCUT2D eigenvalue weighted by molar-refractivity contribution is 5.76. The Morgan fingerprint density at radius 2 is 1.89 bits per heavy atom. The largest absolute Gasteiger partial charge is 0.425 e. The fourth-order valence-corrected chi connectivity index (χ4v) is 2.78. The highest BCUT2D eigenvalue weighted by Gasteiger charge is 2.11. The van der Waals surface area contributed by atoms with Crippen LogP contribution in [0.1, 0.15) is 37.1 Å². The van der Waals surface area contributed by atoms with Crippen molar-refractivity contribution in [2.24, 2.45) is 0 Å². The smallest absolute Gasteiger partial charge is 0.220 e. The van der Waals surface area contributed by atoms with Crippen molar-refractivity contribution in [2.75, 3.05) is 0 Å². The number of hydrogen-bond donors (Lipinski definition) is 1. The Morgan fingerprint density at radius 1 is 1.11 bits per heavy atom. The summed E-state index contributed by atoms with van der Waals surface area (Å²) < 4.78 is 7.50. The molecule has 2 heterocycles. The van der Waals surface area contributed by atoms with Crippen LogP contribution in [0.4, 0.5) is 0 Å². The Kier molecular flexibility index (Phi) is 6.73. The first-order valence-corrected chi connectivity index (χ1v) is 9.31. The average molecular weight is 367 g/mol. The minimum absolute atomic E-state index is 0.00741. The fraction of sp³-hybridized carbons (Fsp3) is 0.400. The SMILES string of the molecule is CC(CCn1cccn1)NC(=O)CCc1nnc(CCc2ccccc2)o1. The van der Waals surface area contributed by atoms with Crippen LogP contribution >= 0.6 is 0 Å². The van der Waals surface area contributed by atoms with Crippen LogP contribution in [-0.2, 0) is 30.6 Å². The van der Waals surface area contributed by atoms with Crippen molar-refractivity contribution in [1.82, 2.24) is 25.3 Å². The summed E-state index contributed by atoms with van der Waals surface area (Å²) in [5, 5.41) is 15.3. The minimum atomic E-state index is -0.00741. The van der Waals surface area contributed by atoms with Gasteiger partial charge < -0.3 is 9.73 Å². The van der Waals surface area contributed by atoms with Gasteiger partial charge in [0.1, 0.15) is 0 Å². The molecule has 3 rings (SSSR count). The van der Waals surface area contributed by atoms with Crippen molar-refractivity contribution in [3.8, 4) is 0 Å². The first kappa shape index (κ1) is 18.8. The third kappa shape index (κ3) is 6.36. The van der Waals surface area contributed by atoms with Gasteiger partial charge in [-0.3, -0.25) is 9.48 Å². The Morgan fingerprint density at radius 3 is 2.63 bits per heavy atom. The van der Waals surface area contributed by atoms with E-state index in [1.165, 1.54) is 5.56 Å². The number of carbonyl (C=O) groups excluding carboxylic acids is 1. The van der Waals surface area contributed by atoms with Crippen molar-refractivity contribution in [3.63, 3.8) is 0 Å². The molecule has 142 valence electrons. The Hall–Kier alpha value is -2.96. The number of amides is 1. The van der Waals surface area contributed by atoms with E-state index < -0.39 is 0 Å². The molecule has 7 nitrogen and oxygen atoms in total. The van der Waals surface area contributed by atoms with Gasteiger partial charge in [-0.1, -0.05) is 30.3 Å². The molecule has 1 N–H and O–H groups in total. The zero-order valence-electron chi connectivity index (χ0n) is 15.5. The molecule has 7 heteroatoms. The Balaban J connectivity index is 1.35. The summed E-state index contributed by atoms with van der Waals surface area (Å²) in [6, 6.07) is 12.2. The number of aromatic nitrogens is 4. The van der Waals surface area contributed by atoms with E-state index in [0.29, 0.717) is 31.0 Å². The van der Waals surface area contributed by atoms with Crippen molar-refractivity contribution >= 4 is 5.91 Å².